The van der Waals surface area contributed by atoms with E-state index in [0.29, 0.717) is 19.4 Å². The van der Waals surface area contributed by atoms with Gasteiger partial charge in [0.25, 0.3) is 0 Å². The molecule has 1 unspecified atom stereocenters. The second kappa shape index (κ2) is 9.22. The molecule has 1 atom stereocenters. The molecule has 2 aliphatic rings. The quantitative estimate of drug-likeness (QED) is 0.716. The Labute approximate surface area is 161 Å². The van der Waals surface area contributed by atoms with Gasteiger partial charge in [-0.15, -0.1) is 0 Å². The summed E-state index contributed by atoms with van der Waals surface area (Å²) < 4.78 is 0. The molecule has 1 saturated heterocycles. The first-order valence-corrected chi connectivity index (χ1v) is 10.1. The largest absolute Gasteiger partial charge is 0.481 e. The van der Waals surface area contributed by atoms with E-state index in [2.05, 4.69) is 46.7 Å². The fourth-order valence-corrected chi connectivity index (χ4v) is 4.21. The Kier molecular flexibility index (Phi) is 6.72. The molecule has 1 aliphatic carbocycles. The Morgan fingerprint density at radius 3 is 2.33 bits per heavy atom. The lowest BCUT2D eigenvalue weighted by atomic mass is 9.86. The van der Waals surface area contributed by atoms with Gasteiger partial charge in [-0.05, 0) is 64.1 Å². The van der Waals surface area contributed by atoms with Crippen molar-refractivity contribution in [2.24, 2.45) is 5.92 Å². The zero-order chi connectivity index (χ0) is 19.2. The lowest BCUT2D eigenvalue weighted by Gasteiger charge is -2.30. The third kappa shape index (κ3) is 5.45. The summed E-state index contributed by atoms with van der Waals surface area (Å²) in [5, 5.41) is 15.1. The van der Waals surface area contributed by atoms with Crippen LogP contribution in [0.3, 0.4) is 0 Å². The number of nitrogens with one attached hydrogen (secondary N) is 2. The number of amides is 2. The van der Waals surface area contributed by atoms with Crippen LogP contribution < -0.4 is 10.6 Å². The molecule has 27 heavy (non-hydrogen) atoms. The van der Waals surface area contributed by atoms with Gasteiger partial charge in [0.15, 0.2) is 0 Å². The van der Waals surface area contributed by atoms with E-state index in [0.717, 1.165) is 25.9 Å². The van der Waals surface area contributed by atoms with Crippen LogP contribution in [0.2, 0.25) is 0 Å². The van der Waals surface area contributed by atoms with Crippen molar-refractivity contribution in [3.8, 4) is 0 Å². The Bertz CT molecular complexity index is 633. The fraction of sp³-hybridized carbons (Fsp3) is 0.619. The molecule has 3 N–H and O–H groups in total. The molecule has 3 rings (SSSR count). The number of urea groups is 1. The SMILES string of the molecule is Cc1ccc(C(CNC(=O)NC2CCC(C(=O)O)CC2)N2CCCC2)cc1. The van der Waals surface area contributed by atoms with Crippen LogP contribution in [0.1, 0.15) is 55.7 Å². The Hall–Kier alpha value is -2.08. The summed E-state index contributed by atoms with van der Waals surface area (Å²) >= 11 is 0. The van der Waals surface area contributed by atoms with Crippen LogP contribution in [0.4, 0.5) is 4.79 Å². The Morgan fingerprint density at radius 1 is 1.11 bits per heavy atom. The molecule has 1 aliphatic heterocycles. The van der Waals surface area contributed by atoms with Crippen molar-refractivity contribution in [1.82, 2.24) is 15.5 Å². The molecule has 1 heterocycles. The molecule has 1 aromatic carbocycles. The molecule has 0 radical (unpaired) electrons. The number of likely N-dealkylation sites (tertiary alicyclic amines) is 1. The molecular weight excluding hydrogens is 342 g/mol. The normalized spacial score (nSPS) is 24.3. The average molecular weight is 373 g/mol. The second-order valence-corrected chi connectivity index (χ2v) is 7.91. The van der Waals surface area contributed by atoms with E-state index in [1.54, 1.807) is 0 Å². The van der Waals surface area contributed by atoms with Crippen LogP contribution in [-0.4, -0.2) is 47.7 Å². The molecule has 0 bridgehead atoms. The van der Waals surface area contributed by atoms with Gasteiger partial charge in [0.2, 0.25) is 0 Å². The van der Waals surface area contributed by atoms with Gasteiger partial charge in [-0.1, -0.05) is 29.8 Å². The van der Waals surface area contributed by atoms with Gasteiger partial charge in [-0.2, -0.15) is 0 Å². The van der Waals surface area contributed by atoms with Gasteiger partial charge in [0.1, 0.15) is 0 Å². The van der Waals surface area contributed by atoms with E-state index in [9.17, 15) is 9.59 Å². The predicted octanol–water partition coefficient (Wildman–Crippen LogP) is 3.07. The molecule has 148 valence electrons. The molecular formula is C21H31N3O3. The molecule has 6 heteroatoms. The van der Waals surface area contributed by atoms with Crippen LogP contribution >= 0.6 is 0 Å². The van der Waals surface area contributed by atoms with Crippen molar-refractivity contribution in [1.29, 1.82) is 0 Å². The highest BCUT2D eigenvalue weighted by Gasteiger charge is 2.27. The number of carboxylic acids is 1. The van der Waals surface area contributed by atoms with Crippen molar-refractivity contribution in [2.45, 2.75) is 57.5 Å². The summed E-state index contributed by atoms with van der Waals surface area (Å²) in [6.45, 7) is 4.81. The molecule has 6 nitrogen and oxygen atoms in total. The highest BCUT2D eigenvalue weighted by Crippen LogP contribution is 2.26. The first kappa shape index (κ1) is 19.7. The minimum absolute atomic E-state index is 0.0743. The van der Waals surface area contributed by atoms with E-state index < -0.39 is 5.97 Å². The molecule has 2 amide bonds. The van der Waals surface area contributed by atoms with Gasteiger partial charge in [0.05, 0.1) is 12.0 Å². The number of hydrogen-bond acceptors (Lipinski definition) is 3. The molecule has 0 spiro atoms. The van der Waals surface area contributed by atoms with Gasteiger partial charge < -0.3 is 15.7 Å². The maximum Gasteiger partial charge on any atom is 0.315 e. The number of carboxylic acid groups (broad SMARTS) is 1. The van der Waals surface area contributed by atoms with Crippen LogP contribution in [0, 0.1) is 12.8 Å². The Morgan fingerprint density at radius 2 is 1.74 bits per heavy atom. The second-order valence-electron chi connectivity index (χ2n) is 7.91. The number of aliphatic carboxylic acids is 1. The van der Waals surface area contributed by atoms with Crippen molar-refractivity contribution < 1.29 is 14.7 Å². The topological polar surface area (TPSA) is 81.7 Å². The number of benzene rings is 1. The highest BCUT2D eigenvalue weighted by molar-refractivity contribution is 5.74. The lowest BCUT2D eigenvalue weighted by molar-refractivity contribution is -0.142. The summed E-state index contributed by atoms with van der Waals surface area (Å²) in [4.78, 5) is 25.9. The van der Waals surface area contributed by atoms with Gasteiger partial charge in [0, 0.05) is 12.6 Å². The van der Waals surface area contributed by atoms with Crippen molar-refractivity contribution >= 4 is 12.0 Å². The van der Waals surface area contributed by atoms with Gasteiger partial charge >= 0.3 is 12.0 Å². The number of carbonyl (C=O) groups excluding carboxylic acids is 1. The van der Waals surface area contributed by atoms with Crippen molar-refractivity contribution in [3.05, 3.63) is 35.4 Å². The minimum atomic E-state index is -0.718. The van der Waals surface area contributed by atoms with Crippen molar-refractivity contribution in [2.75, 3.05) is 19.6 Å². The smallest absolute Gasteiger partial charge is 0.315 e. The van der Waals surface area contributed by atoms with E-state index in [1.165, 1.54) is 24.0 Å². The number of aryl methyl sites for hydroxylation is 1. The zero-order valence-electron chi connectivity index (χ0n) is 16.1. The van der Waals surface area contributed by atoms with Crippen LogP contribution in [0.15, 0.2) is 24.3 Å². The average Bonchev–Trinajstić information content (AvgIpc) is 3.18. The zero-order valence-corrected chi connectivity index (χ0v) is 16.1. The third-order valence-electron chi connectivity index (χ3n) is 5.91. The predicted molar refractivity (Wildman–Crippen MR) is 105 cm³/mol. The minimum Gasteiger partial charge on any atom is -0.481 e. The first-order valence-electron chi connectivity index (χ1n) is 10.1. The molecule has 2 fully saturated rings. The van der Waals surface area contributed by atoms with E-state index >= 15 is 0 Å². The number of carbonyl (C=O) groups is 2. The van der Waals surface area contributed by atoms with Crippen LogP contribution in [0.5, 0.6) is 0 Å². The van der Waals surface area contributed by atoms with Crippen LogP contribution in [0.25, 0.3) is 0 Å². The monoisotopic (exact) mass is 373 g/mol. The number of rotatable bonds is 6. The molecule has 1 saturated carbocycles. The fourth-order valence-electron chi connectivity index (χ4n) is 4.21. The number of hydrogen-bond donors (Lipinski definition) is 3. The molecule has 1 aromatic rings. The van der Waals surface area contributed by atoms with E-state index in [-0.39, 0.29) is 24.0 Å². The number of nitrogens with zero attached hydrogens (tertiary/aromatic N) is 1. The summed E-state index contributed by atoms with van der Waals surface area (Å²) in [5.74, 6) is -0.975. The first-order chi connectivity index (χ1) is 13.0. The van der Waals surface area contributed by atoms with Gasteiger partial charge in [-0.25, -0.2) is 4.79 Å². The Balaban J connectivity index is 1.51. The summed E-state index contributed by atoms with van der Waals surface area (Å²) in [5.41, 5.74) is 2.48. The van der Waals surface area contributed by atoms with Crippen LogP contribution in [-0.2, 0) is 4.79 Å². The summed E-state index contributed by atoms with van der Waals surface area (Å²) in [6.07, 6.45) is 5.17. The van der Waals surface area contributed by atoms with Crippen molar-refractivity contribution in [3.63, 3.8) is 0 Å². The maximum atomic E-state index is 12.4. The van der Waals surface area contributed by atoms with Gasteiger partial charge in [-0.3, -0.25) is 9.69 Å². The summed E-state index contributed by atoms with van der Waals surface area (Å²) in [7, 11) is 0. The third-order valence-corrected chi connectivity index (χ3v) is 5.91. The highest BCUT2D eigenvalue weighted by atomic mass is 16.4. The standard InChI is InChI=1S/C21H31N3O3/c1-15-4-6-16(7-5-15)19(24-12-2-3-13-24)14-22-21(27)23-18-10-8-17(9-11-18)20(25)26/h4-7,17-19H,2-3,8-14H2,1H3,(H,25,26)(H2,22,23,27). The van der Waals surface area contributed by atoms with E-state index in [4.69, 9.17) is 5.11 Å². The maximum absolute atomic E-state index is 12.4. The lowest BCUT2D eigenvalue weighted by Crippen LogP contribution is -2.46. The molecule has 0 aromatic heterocycles. The summed E-state index contributed by atoms with van der Waals surface area (Å²) in [6, 6.07) is 8.69. The van der Waals surface area contributed by atoms with E-state index in [1.807, 2.05) is 0 Å².